The summed E-state index contributed by atoms with van der Waals surface area (Å²) in [5.74, 6) is 0.707. The lowest BCUT2D eigenvalue weighted by atomic mass is 10.1. The maximum absolute atomic E-state index is 13.3. The van der Waals surface area contributed by atoms with Crippen LogP contribution in [0.3, 0.4) is 0 Å². The summed E-state index contributed by atoms with van der Waals surface area (Å²) in [5, 5.41) is 0.579. The first kappa shape index (κ1) is 13.8. The molecule has 1 aromatic heterocycles. The van der Waals surface area contributed by atoms with Crippen molar-refractivity contribution in [2.45, 2.75) is 31.6 Å². The summed E-state index contributed by atoms with van der Waals surface area (Å²) in [6, 6.07) is 6.11. The lowest BCUT2D eigenvalue weighted by Crippen LogP contribution is -2.03. The molecule has 1 aliphatic rings. The third-order valence-corrected chi connectivity index (χ3v) is 4.22. The second-order valence-corrected chi connectivity index (χ2v) is 5.75. The van der Waals surface area contributed by atoms with E-state index in [0.717, 1.165) is 12.8 Å². The van der Waals surface area contributed by atoms with Gasteiger partial charge in [-0.15, -0.1) is 0 Å². The Bertz CT molecular complexity index is 617. The largest absolute Gasteiger partial charge is 0.220 e. The van der Waals surface area contributed by atoms with Gasteiger partial charge in [-0.25, -0.2) is 14.4 Å². The summed E-state index contributed by atoms with van der Waals surface area (Å²) in [7, 11) is 0. The Morgan fingerprint density at radius 1 is 1.05 bits per heavy atom. The first-order chi connectivity index (χ1) is 9.65. The predicted octanol–water partition coefficient (Wildman–Crippen LogP) is 5.25. The minimum Gasteiger partial charge on any atom is -0.220 e. The van der Waals surface area contributed by atoms with Gasteiger partial charge in [-0.3, -0.25) is 0 Å². The Morgan fingerprint density at radius 2 is 1.70 bits per heavy atom. The van der Waals surface area contributed by atoms with Crippen LogP contribution in [0.5, 0.6) is 0 Å². The molecule has 0 unspecified atom stereocenters. The highest BCUT2D eigenvalue weighted by molar-refractivity contribution is 6.37. The standard InChI is InChI=1S/C15H13Cl2FN2/c16-13-12(10-6-3-7-11(18)8-10)14(17)20-15(19-13)9-4-1-2-5-9/h3,6-9H,1-2,4-5H2. The van der Waals surface area contributed by atoms with E-state index in [1.165, 1.54) is 25.0 Å². The van der Waals surface area contributed by atoms with Gasteiger partial charge < -0.3 is 0 Å². The van der Waals surface area contributed by atoms with E-state index in [1.54, 1.807) is 12.1 Å². The molecule has 0 radical (unpaired) electrons. The SMILES string of the molecule is Fc1cccc(-c2c(Cl)nc(C3CCCC3)nc2Cl)c1. The third-order valence-electron chi connectivity index (χ3n) is 3.67. The molecule has 0 atom stereocenters. The van der Waals surface area contributed by atoms with E-state index >= 15 is 0 Å². The average Bonchev–Trinajstić information content (AvgIpc) is 2.91. The zero-order chi connectivity index (χ0) is 14.1. The van der Waals surface area contributed by atoms with Gasteiger partial charge in [0, 0.05) is 5.92 Å². The smallest absolute Gasteiger partial charge is 0.142 e. The number of rotatable bonds is 2. The topological polar surface area (TPSA) is 25.8 Å². The summed E-state index contributed by atoms with van der Waals surface area (Å²) >= 11 is 12.5. The molecule has 0 N–H and O–H groups in total. The summed E-state index contributed by atoms with van der Waals surface area (Å²) in [4.78, 5) is 8.74. The van der Waals surface area contributed by atoms with Crippen molar-refractivity contribution < 1.29 is 4.39 Å². The normalized spacial score (nSPS) is 15.8. The fourth-order valence-corrected chi connectivity index (χ4v) is 3.29. The minimum absolute atomic E-state index is 0.289. The van der Waals surface area contributed by atoms with Crippen molar-refractivity contribution in [2.24, 2.45) is 0 Å². The molecular formula is C15H13Cl2FN2. The van der Waals surface area contributed by atoms with Gasteiger partial charge in [0.05, 0.1) is 5.56 Å². The second kappa shape index (κ2) is 5.66. The maximum Gasteiger partial charge on any atom is 0.142 e. The Labute approximate surface area is 127 Å². The van der Waals surface area contributed by atoms with Crippen LogP contribution in [0.2, 0.25) is 10.3 Å². The molecule has 1 saturated carbocycles. The molecule has 5 heteroatoms. The molecule has 2 aromatic rings. The van der Waals surface area contributed by atoms with Gasteiger partial charge in [-0.2, -0.15) is 0 Å². The highest BCUT2D eigenvalue weighted by Crippen LogP contribution is 2.37. The van der Waals surface area contributed by atoms with Crippen LogP contribution < -0.4 is 0 Å². The van der Waals surface area contributed by atoms with Gasteiger partial charge >= 0.3 is 0 Å². The van der Waals surface area contributed by atoms with Gasteiger partial charge in [-0.05, 0) is 30.5 Å². The number of halogens is 3. The van der Waals surface area contributed by atoms with Crippen LogP contribution in [0.15, 0.2) is 24.3 Å². The Kier molecular flexibility index (Phi) is 3.90. The summed E-state index contributed by atoms with van der Waals surface area (Å²) in [5.41, 5.74) is 1.09. The van der Waals surface area contributed by atoms with Crippen molar-refractivity contribution in [3.63, 3.8) is 0 Å². The van der Waals surface area contributed by atoms with Gasteiger partial charge in [0.25, 0.3) is 0 Å². The van der Waals surface area contributed by atoms with Crippen LogP contribution in [-0.2, 0) is 0 Å². The summed E-state index contributed by atoms with van der Waals surface area (Å²) in [6.07, 6.45) is 4.53. The van der Waals surface area contributed by atoms with Gasteiger partial charge in [-0.1, -0.05) is 48.2 Å². The summed E-state index contributed by atoms with van der Waals surface area (Å²) < 4.78 is 13.3. The van der Waals surface area contributed by atoms with E-state index < -0.39 is 0 Å². The predicted molar refractivity (Wildman–Crippen MR) is 78.7 cm³/mol. The highest BCUT2D eigenvalue weighted by atomic mass is 35.5. The molecule has 1 aromatic carbocycles. The van der Waals surface area contributed by atoms with E-state index in [2.05, 4.69) is 9.97 Å². The average molecular weight is 311 g/mol. The minimum atomic E-state index is -0.338. The van der Waals surface area contributed by atoms with Crippen molar-refractivity contribution in [3.05, 3.63) is 46.2 Å². The molecule has 3 rings (SSSR count). The first-order valence-corrected chi connectivity index (χ1v) is 7.39. The lowest BCUT2D eigenvalue weighted by Gasteiger charge is -2.12. The van der Waals surface area contributed by atoms with Crippen LogP contribution >= 0.6 is 23.2 Å². The molecule has 0 spiro atoms. The second-order valence-electron chi connectivity index (χ2n) is 5.03. The lowest BCUT2D eigenvalue weighted by molar-refractivity contribution is 0.628. The van der Waals surface area contributed by atoms with Crippen LogP contribution in [0.1, 0.15) is 37.4 Å². The molecule has 2 nitrogen and oxygen atoms in total. The fourth-order valence-electron chi connectivity index (χ4n) is 2.67. The highest BCUT2D eigenvalue weighted by Gasteiger charge is 2.23. The van der Waals surface area contributed by atoms with E-state index in [0.29, 0.717) is 22.9 Å². The maximum atomic E-state index is 13.3. The molecule has 0 bridgehead atoms. The molecule has 0 aliphatic heterocycles. The quantitative estimate of drug-likeness (QED) is 0.708. The molecule has 0 saturated heterocycles. The molecule has 1 aliphatic carbocycles. The van der Waals surface area contributed by atoms with Crippen molar-refractivity contribution in [1.82, 2.24) is 9.97 Å². The van der Waals surface area contributed by atoms with E-state index in [4.69, 9.17) is 23.2 Å². The number of hydrogen-bond acceptors (Lipinski definition) is 2. The van der Waals surface area contributed by atoms with Crippen molar-refractivity contribution in [3.8, 4) is 11.1 Å². The fraction of sp³-hybridized carbons (Fsp3) is 0.333. The number of benzene rings is 1. The molecular weight excluding hydrogens is 298 g/mol. The molecule has 0 amide bonds. The van der Waals surface area contributed by atoms with Gasteiger partial charge in [0.1, 0.15) is 21.9 Å². The van der Waals surface area contributed by atoms with Crippen molar-refractivity contribution in [1.29, 1.82) is 0 Å². The molecule has 1 fully saturated rings. The summed E-state index contributed by atoms with van der Waals surface area (Å²) in [6.45, 7) is 0. The van der Waals surface area contributed by atoms with Gasteiger partial charge in [0.15, 0.2) is 0 Å². The van der Waals surface area contributed by atoms with Crippen LogP contribution in [-0.4, -0.2) is 9.97 Å². The van der Waals surface area contributed by atoms with E-state index in [-0.39, 0.29) is 16.1 Å². The number of nitrogens with zero attached hydrogens (tertiary/aromatic N) is 2. The number of aromatic nitrogens is 2. The Morgan fingerprint density at radius 3 is 2.30 bits per heavy atom. The van der Waals surface area contributed by atoms with E-state index in [1.807, 2.05) is 0 Å². The van der Waals surface area contributed by atoms with Crippen molar-refractivity contribution in [2.75, 3.05) is 0 Å². The first-order valence-electron chi connectivity index (χ1n) is 6.64. The monoisotopic (exact) mass is 310 g/mol. The zero-order valence-corrected chi connectivity index (χ0v) is 12.3. The van der Waals surface area contributed by atoms with Crippen LogP contribution in [0.4, 0.5) is 4.39 Å². The zero-order valence-electron chi connectivity index (χ0n) is 10.7. The van der Waals surface area contributed by atoms with Crippen LogP contribution in [0.25, 0.3) is 11.1 Å². The Hall–Kier alpha value is -1.19. The van der Waals surface area contributed by atoms with Crippen molar-refractivity contribution >= 4 is 23.2 Å². The Balaban J connectivity index is 2.04. The van der Waals surface area contributed by atoms with Gasteiger partial charge in [0.2, 0.25) is 0 Å². The van der Waals surface area contributed by atoms with E-state index in [9.17, 15) is 4.39 Å². The molecule has 104 valence electrons. The molecule has 1 heterocycles. The number of hydrogen-bond donors (Lipinski definition) is 0. The molecule has 20 heavy (non-hydrogen) atoms. The third kappa shape index (κ3) is 2.65. The van der Waals surface area contributed by atoms with Crippen LogP contribution in [0, 0.1) is 5.82 Å².